The number of aromatic nitrogens is 2. The van der Waals surface area contributed by atoms with Gasteiger partial charge in [-0.25, -0.2) is 4.79 Å². The quantitative estimate of drug-likeness (QED) is 0.616. The summed E-state index contributed by atoms with van der Waals surface area (Å²) in [4.78, 5) is 23.7. The molecule has 1 heterocycles. The van der Waals surface area contributed by atoms with Gasteiger partial charge in [-0.15, -0.1) is 0 Å². The summed E-state index contributed by atoms with van der Waals surface area (Å²) in [5, 5.41) is 6.70. The Morgan fingerprint density at radius 3 is 2.63 bits per heavy atom. The average molecular weight is 350 g/mol. The van der Waals surface area contributed by atoms with E-state index in [4.69, 9.17) is 4.74 Å². The number of rotatable bonds is 5. The van der Waals surface area contributed by atoms with E-state index < -0.39 is 17.9 Å². The lowest BCUT2D eigenvalue weighted by Gasteiger charge is -2.15. The third-order valence-corrected chi connectivity index (χ3v) is 3.74. The van der Waals surface area contributed by atoms with E-state index in [1.165, 1.54) is 4.68 Å². The molecular formula is C11H16BrN3O3S. The lowest BCUT2D eigenvalue weighted by Crippen LogP contribution is -2.43. The second-order valence-electron chi connectivity index (χ2n) is 3.83. The van der Waals surface area contributed by atoms with Crippen molar-refractivity contribution in [3.8, 4) is 0 Å². The van der Waals surface area contributed by atoms with Gasteiger partial charge in [0, 0.05) is 12.8 Å². The zero-order valence-electron chi connectivity index (χ0n) is 10.9. The fraction of sp³-hybridized carbons (Fsp3) is 0.545. The first kappa shape index (κ1) is 16.0. The fourth-order valence-corrected chi connectivity index (χ4v) is 2.28. The summed E-state index contributed by atoms with van der Waals surface area (Å²) in [6.45, 7) is 3.74. The Morgan fingerprint density at radius 2 is 2.21 bits per heavy atom. The summed E-state index contributed by atoms with van der Waals surface area (Å²) in [6, 6.07) is -0.780. The normalized spacial score (nSPS) is 12.1. The number of nitrogens with zero attached hydrogens (tertiary/aromatic N) is 2. The predicted octanol–water partition coefficient (Wildman–Crippen LogP) is 1.08. The molecule has 1 aromatic heterocycles. The van der Waals surface area contributed by atoms with Gasteiger partial charge in [-0.1, -0.05) is 0 Å². The standard InChI is InChI=1S/C11H16BrN3O3S/c1-4-18-11(17)7(5-19)13-10(16)9-8(12)6(2)14-15(9)3/h7,19H,4-5H2,1-3H3,(H,13,16)/t7-/m0/s1. The van der Waals surface area contributed by atoms with Crippen LogP contribution in [0, 0.1) is 6.92 Å². The number of hydrogen-bond acceptors (Lipinski definition) is 5. The number of esters is 1. The highest BCUT2D eigenvalue weighted by Gasteiger charge is 2.25. The van der Waals surface area contributed by atoms with Crippen LogP contribution in [-0.4, -0.2) is 40.1 Å². The number of ether oxygens (including phenoxy) is 1. The lowest BCUT2D eigenvalue weighted by atomic mass is 10.3. The molecule has 1 N–H and O–H groups in total. The van der Waals surface area contributed by atoms with Gasteiger partial charge in [0.2, 0.25) is 0 Å². The molecule has 106 valence electrons. The minimum absolute atomic E-state index is 0.166. The third kappa shape index (κ3) is 3.73. The monoisotopic (exact) mass is 349 g/mol. The first-order valence-electron chi connectivity index (χ1n) is 5.69. The van der Waals surface area contributed by atoms with Crippen LogP contribution in [0.3, 0.4) is 0 Å². The SMILES string of the molecule is CCOC(=O)[C@H](CS)NC(=O)c1c(Br)c(C)nn1C. The molecular weight excluding hydrogens is 334 g/mol. The van der Waals surface area contributed by atoms with Crippen LogP contribution in [0.5, 0.6) is 0 Å². The molecule has 19 heavy (non-hydrogen) atoms. The van der Waals surface area contributed by atoms with E-state index >= 15 is 0 Å². The van der Waals surface area contributed by atoms with Crippen LogP contribution in [0.15, 0.2) is 4.47 Å². The first-order chi connectivity index (χ1) is 8.92. The molecule has 1 amide bonds. The van der Waals surface area contributed by atoms with Crippen LogP contribution in [0.4, 0.5) is 0 Å². The average Bonchev–Trinajstić information content (AvgIpc) is 2.60. The third-order valence-electron chi connectivity index (χ3n) is 2.42. The van der Waals surface area contributed by atoms with Crippen LogP contribution in [0.1, 0.15) is 23.1 Å². The molecule has 0 aromatic carbocycles. The fourth-order valence-electron chi connectivity index (χ4n) is 1.53. The number of halogens is 1. The van der Waals surface area contributed by atoms with Gasteiger partial charge >= 0.3 is 5.97 Å². The highest BCUT2D eigenvalue weighted by atomic mass is 79.9. The number of hydrogen-bond donors (Lipinski definition) is 2. The van der Waals surface area contributed by atoms with Gasteiger partial charge in [-0.2, -0.15) is 17.7 Å². The molecule has 0 saturated heterocycles. The smallest absolute Gasteiger partial charge is 0.329 e. The van der Waals surface area contributed by atoms with Gasteiger partial charge in [0.1, 0.15) is 11.7 Å². The van der Waals surface area contributed by atoms with Gasteiger partial charge in [0.15, 0.2) is 0 Å². The summed E-state index contributed by atoms with van der Waals surface area (Å²) in [5.41, 5.74) is 1.06. The van der Waals surface area contributed by atoms with Gasteiger partial charge in [0.05, 0.1) is 16.8 Å². The molecule has 1 aromatic rings. The molecule has 1 rings (SSSR count). The molecule has 0 aliphatic carbocycles. The first-order valence-corrected chi connectivity index (χ1v) is 7.12. The summed E-state index contributed by atoms with van der Waals surface area (Å²) < 4.78 is 6.92. The van der Waals surface area contributed by atoms with Crippen molar-refractivity contribution in [2.45, 2.75) is 19.9 Å². The van der Waals surface area contributed by atoms with E-state index in [2.05, 4.69) is 39.0 Å². The van der Waals surface area contributed by atoms with Crippen molar-refractivity contribution < 1.29 is 14.3 Å². The van der Waals surface area contributed by atoms with E-state index in [0.29, 0.717) is 15.9 Å². The van der Waals surface area contributed by atoms with Crippen molar-refractivity contribution in [2.75, 3.05) is 12.4 Å². The van der Waals surface area contributed by atoms with E-state index in [1.54, 1.807) is 20.9 Å². The molecule has 0 unspecified atom stereocenters. The summed E-state index contributed by atoms with van der Waals surface area (Å²) >= 11 is 7.34. The highest BCUT2D eigenvalue weighted by Crippen LogP contribution is 2.20. The number of thiol groups is 1. The minimum atomic E-state index is -0.780. The summed E-state index contributed by atoms with van der Waals surface area (Å²) in [6.07, 6.45) is 0. The van der Waals surface area contributed by atoms with Crippen LogP contribution < -0.4 is 5.32 Å². The maximum absolute atomic E-state index is 12.1. The Bertz CT molecular complexity index is 490. The van der Waals surface area contributed by atoms with Crippen molar-refractivity contribution in [2.24, 2.45) is 7.05 Å². The van der Waals surface area contributed by atoms with Gasteiger partial charge in [0.25, 0.3) is 5.91 Å². The van der Waals surface area contributed by atoms with Crippen molar-refractivity contribution in [1.82, 2.24) is 15.1 Å². The zero-order valence-corrected chi connectivity index (χ0v) is 13.4. The second-order valence-corrected chi connectivity index (χ2v) is 4.99. The van der Waals surface area contributed by atoms with Crippen LogP contribution in [0.25, 0.3) is 0 Å². The number of nitrogens with one attached hydrogen (secondary N) is 1. The maximum atomic E-state index is 12.1. The Balaban J connectivity index is 2.86. The molecule has 0 radical (unpaired) electrons. The van der Waals surface area contributed by atoms with Crippen molar-refractivity contribution in [3.05, 3.63) is 15.9 Å². The van der Waals surface area contributed by atoms with Crippen molar-refractivity contribution in [3.63, 3.8) is 0 Å². The topological polar surface area (TPSA) is 73.2 Å². The van der Waals surface area contributed by atoms with Crippen molar-refractivity contribution >= 4 is 40.4 Å². The molecule has 0 spiro atoms. The molecule has 0 bridgehead atoms. The Morgan fingerprint density at radius 1 is 1.58 bits per heavy atom. The molecule has 8 heteroatoms. The van der Waals surface area contributed by atoms with Gasteiger partial charge in [-0.3, -0.25) is 9.48 Å². The molecule has 0 aliphatic heterocycles. The molecule has 0 fully saturated rings. The van der Waals surface area contributed by atoms with Crippen LogP contribution >= 0.6 is 28.6 Å². The van der Waals surface area contributed by atoms with Crippen molar-refractivity contribution in [1.29, 1.82) is 0 Å². The lowest BCUT2D eigenvalue weighted by molar-refractivity contribution is -0.144. The molecule has 0 aliphatic rings. The van der Waals surface area contributed by atoms with E-state index in [0.717, 1.165) is 0 Å². The van der Waals surface area contributed by atoms with E-state index in [9.17, 15) is 9.59 Å². The molecule has 1 atom stereocenters. The van der Waals surface area contributed by atoms with Gasteiger partial charge < -0.3 is 10.1 Å². The maximum Gasteiger partial charge on any atom is 0.329 e. The predicted molar refractivity (Wildman–Crippen MR) is 77.4 cm³/mol. The Labute approximate surface area is 125 Å². The molecule has 0 saturated carbocycles. The van der Waals surface area contributed by atoms with Gasteiger partial charge in [-0.05, 0) is 29.8 Å². The highest BCUT2D eigenvalue weighted by molar-refractivity contribution is 9.10. The number of amides is 1. The number of carbonyl (C=O) groups is 2. The number of carbonyl (C=O) groups excluding carboxylic acids is 2. The largest absolute Gasteiger partial charge is 0.464 e. The number of aryl methyl sites for hydroxylation is 2. The van der Waals surface area contributed by atoms with E-state index in [-0.39, 0.29) is 12.4 Å². The molecule has 6 nitrogen and oxygen atoms in total. The zero-order chi connectivity index (χ0) is 14.6. The Hall–Kier alpha value is -1.02. The van der Waals surface area contributed by atoms with Crippen LogP contribution in [0.2, 0.25) is 0 Å². The second kappa shape index (κ2) is 6.95. The summed E-state index contributed by atoms with van der Waals surface area (Å²) in [5.74, 6) is -0.734. The summed E-state index contributed by atoms with van der Waals surface area (Å²) in [7, 11) is 1.66. The van der Waals surface area contributed by atoms with E-state index in [1.807, 2.05) is 0 Å². The van der Waals surface area contributed by atoms with Crippen LogP contribution in [-0.2, 0) is 16.6 Å². The minimum Gasteiger partial charge on any atom is -0.464 e. The Kier molecular flexibility index (Phi) is 5.86.